The molecule has 1 heterocycles. The molecular weight excluding hydrogens is 160 g/mol. The molecule has 2 rings (SSSR count). The monoisotopic (exact) mass is 176 g/mol. The lowest BCUT2D eigenvalue weighted by Gasteiger charge is -2.12. The van der Waals surface area contributed by atoms with Crippen LogP contribution in [-0.4, -0.2) is 12.6 Å². The lowest BCUT2D eigenvalue weighted by molar-refractivity contribution is 0.584. The van der Waals surface area contributed by atoms with Crippen molar-refractivity contribution in [2.24, 2.45) is 5.73 Å². The molecule has 1 aliphatic rings. The molecule has 0 amide bonds. The fourth-order valence-electron chi connectivity index (χ4n) is 2.02. The van der Waals surface area contributed by atoms with Crippen molar-refractivity contribution in [3.05, 3.63) is 29.8 Å². The fourth-order valence-corrected chi connectivity index (χ4v) is 2.02. The Balaban J connectivity index is 2.18. The zero-order valence-corrected chi connectivity index (χ0v) is 7.96. The van der Waals surface area contributed by atoms with Gasteiger partial charge in [0.25, 0.3) is 0 Å². The molecule has 2 atom stereocenters. The first kappa shape index (κ1) is 8.57. The Morgan fingerprint density at radius 2 is 2.31 bits per heavy atom. The normalized spacial score (nSPS) is 22.2. The Hall–Kier alpha value is -1.02. The van der Waals surface area contributed by atoms with Crippen molar-refractivity contribution in [2.75, 3.05) is 11.9 Å². The van der Waals surface area contributed by atoms with Gasteiger partial charge in [-0.25, -0.2) is 0 Å². The summed E-state index contributed by atoms with van der Waals surface area (Å²) in [6.07, 6.45) is 1.07. The number of fused-ring (bicyclic) bond motifs is 1. The van der Waals surface area contributed by atoms with Crippen LogP contribution in [0.25, 0.3) is 0 Å². The van der Waals surface area contributed by atoms with Crippen molar-refractivity contribution in [1.29, 1.82) is 0 Å². The number of anilines is 1. The van der Waals surface area contributed by atoms with Gasteiger partial charge in [-0.3, -0.25) is 0 Å². The Labute approximate surface area is 79.1 Å². The Kier molecular flexibility index (Phi) is 2.23. The molecule has 0 saturated carbocycles. The van der Waals surface area contributed by atoms with E-state index in [0.717, 1.165) is 13.0 Å². The highest BCUT2D eigenvalue weighted by Crippen LogP contribution is 2.33. The zero-order chi connectivity index (χ0) is 9.26. The third kappa shape index (κ3) is 1.68. The first-order valence-corrected chi connectivity index (χ1v) is 4.86. The molecule has 1 aliphatic heterocycles. The molecule has 70 valence electrons. The van der Waals surface area contributed by atoms with Gasteiger partial charge in [0, 0.05) is 24.2 Å². The van der Waals surface area contributed by atoms with Gasteiger partial charge in [-0.2, -0.15) is 0 Å². The molecule has 0 aliphatic carbocycles. The van der Waals surface area contributed by atoms with E-state index in [2.05, 4.69) is 36.5 Å². The van der Waals surface area contributed by atoms with E-state index in [1.165, 1.54) is 11.3 Å². The maximum absolute atomic E-state index is 5.80. The summed E-state index contributed by atoms with van der Waals surface area (Å²) < 4.78 is 0. The Morgan fingerprint density at radius 3 is 3.08 bits per heavy atom. The smallest absolute Gasteiger partial charge is 0.0376 e. The minimum absolute atomic E-state index is 0.290. The highest BCUT2D eigenvalue weighted by atomic mass is 14.9. The van der Waals surface area contributed by atoms with Crippen LogP contribution < -0.4 is 11.1 Å². The third-order valence-electron chi connectivity index (χ3n) is 2.60. The van der Waals surface area contributed by atoms with Crippen molar-refractivity contribution in [2.45, 2.75) is 25.3 Å². The first-order valence-electron chi connectivity index (χ1n) is 4.86. The lowest BCUT2D eigenvalue weighted by atomic mass is 9.95. The van der Waals surface area contributed by atoms with Gasteiger partial charge in [-0.15, -0.1) is 0 Å². The summed E-state index contributed by atoms with van der Waals surface area (Å²) in [6, 6.07) is 8.79. The maximum atomic E-state index is 5.80. The second-order valence-electron chi connectivity index (χ2n) is 3.88. The summed E-state index contributed by atoms with van der Waals surface area (Å²) in [5.74, 6) is 0.608. The number of nitrogens with one attached hydrogen (secondary N) is 1. The molecular formula is C11H16N2. The van der Waals surface area contributed by atoms with E-state index in [9.17, 15) is 0 Å². The van der Waals surface area contributed by atoms with E-state index in [-0.39, 0.29) is 6.04 Å². The molecule has 0 bridgehead atoms. The number of hydrogen-bond donors (Lipinski definition) is 2. The third-order valence-corrected chi connectivity index (χ3v) is 2.60. The molecule has 2 unspecified atom stereocenters. The van der Waals surface area contributed by atoms with E-state index in [4.69, 9.17) is 5.73 Å². The van der Waals surface area contributed by atoms with Crippen molar-refractivity contribution in [3.63, 3.8) is 0 Å². The first-order chi connectivity index (χ1) is 6.27. The second kappa shape index (κ2) is 3.38. The molecule has 0 fully saturated rings. The van der Waals surface area contributed by atoms with E-state index < -0.39 is 0 Å². The van der Waals surface area contributed by atoms with Crippen LogP contribution in [0.2, 0.25) is 0 Å². The maximum Gasteiger partial charge on any atom is 0.0376 e. The fraction of sp³-hybridized carbons (Fsp3) is 0.455. The highest BCUT2D eigenvalue weighted by molar-refractivity contribution is 5.57. The summed E-state index contributed by atoms with van der Waals surface area (Å²) in [7, 11) is 0. The molecule has 1 aromatic rings. The molecule has 2 heteroatoms. The molecule has 2 nitrogen and oxygen atoms in total. The number of rotatable bonds is 2. The minimum atomic E-state index is 0.290. The number of hydrogen-bond acceptors (Lipinski definition) is 2. The molecule has 0 radical (unpaired) electrons. The predicted molar refractivity (Wildman–Crippen MR) is 55.9 cm³/mol. The summed E-state index contributed by atoms with van der Waals surface area (Å²) in [5, 5.41) is 3.40. The van der Waals surface area contributed by atoms with Gasteiger partial charge in [-0.05, 0) is 25.0 Å². The average Bonchev–Trinajstić information content (AvgIpc) is 2.48. The summed E-state index contributed by atoms with van der Waals surface area (Å²) in [4.78, 5) is 0. The van der Waals surface area contributed by atoms with Crippen LogP contribution >= 0.6 is 0 Å². The van der Waals surface area contributed by atoms with Crippen LogP contribution in [0.4, 0.5) is 5.69 Å². The van der Waals surface area contributed by atoms with E-state index in [0.29, 0.717) is 5.92 Å². The topological polar surface area (TPSA) is 38.0 Å². The summed E-state index contributed by atoms with van der Waals surface area (Å²) in [6.45, 7) is 3.11. The average molecular weight is 176 g/mol. The summed E-state index contributed by atoms with van der Waals surface area (Å²) in [5.41, 5.74) is 8.52. The Morgan fingerprint density at radius 1 is 1.54 bits per heavy atom. The van der Waals surface area contributed by atoms with E-state index in [1.54, 1.807) is 0 Å². The van der Waals surface area contributed by atoms with Crippen LogP contribution in [-0.2, 0) is 0 Å². The molecule has 0 saturated heterocycles. The lowest BCUT2D eigenvalue weighted by Crippen LogP contribution is -2.19. The minimum Gasteiger partial charge on any atom is -0.384 e. The quantitative estimate of drug-likeness (QED) is 0.722. The molecule has 3 N–H and O–H groups in total. The molecule has 13 heavy (non-hydrogen) atoms. The summed E-state index contributed by atoms with van der Waals surface area (Å²) >= 11 is 0. The second-order valence-corrected chi connectivity index (χ2v) is 3.88. The Bertz CT molecular complexity index is 294. The van der Waals surface area contributed by atoms with Crippen LogP contribution in [0, 0.1) is 0 Å². The van der Waals surface area contributed by atoms with Crippen LogP contribution in [0.3, 0.4) is 0 Å². The predicted octanol–water partition coefficient (Wildman–Crippen LogP) is 1.93. The molecule has 0 spiro atoms. The SMILES string of the molecule is CC(N)CC1CNc2ccccc21. The standard InChI is InChI=1S/C11H16N2/c1-8(12)6-9-7-13-11-5-3-2-4-10(9)11/h2-5,8-9,13H,6-7,12H2,1H3. The van der Waals surface area contributed by atoms with E-state index in [1.807, 2.05) is 0 Å². The molecule has 1 aromatic carbocycles. The number of para-hydroxylation sites is 1. The van der Waals surface area contributed by atoms with Crippen LogP contribution in [0.5, 0.6) is 0 Å². The van der Waals surface area contributed by atoms with Gasteiger partial charge in [-0.1, -0.05) is 18.2 Å². The van der Waals surface area contributed by atoms with Crippen molar-refractivity contribution in [3.8, 4) is 0 Å². The zero-order valence-electron chi connectivity index (χ0n) is 7.96. The van der Waals surface area contributed by atoms with Crippen molar-refractivity contribution >= 4 is 5.69 Å². The van der Waals surface area contributed by atoms with Gasteiger partial charge in [0.15, 0.2) is 0 Å². The van der Waals surface area contributed by atoms with Crippen LogP contribution in [0.1, 0.15) is 24.8 Å². The van der Waals surface area contributed by atoms with Gasteiger partial charge < -0.3 is 11.1 Å². The van der Waals surface area contributed by atoms with Crippen molar-refractivity contribution < 1.29 is 0 Å². The van der Waals surface area contributed by atoms with Gasteiger partial charge >= 0.3 is 0 Å². The van der Waals surface area contributed by atoms with E-state index >= 15 is 0 Å². The molecule has 0 aromatic heterocycles. The van der Waals surface area contributed by atoms with Crippen LogP contribution in [0.15, 0.2) is 24.3 Å². The van der Waals surface area contributed by atoms with Gasteiger partial charge in [0.2, 0.25) is 0 Å². The van der Waals surface area contributed by atoms with Gasteiger partial charge in [0.05, 0.1) is 0 Å². The van der Waals surface area contributed by atoms with Gasteiger partial charge in [0.1, 0.15) is 0 Å². The number of nitrogens with two attached hydrogens (primary N) is 1. The highest BCUT2D eigenvalue weighted by Gasteiger charge is 2.21. The largest absolute Gasteiger partial charge is 0.384 e. The van der Waals surface area contributed by atoms with Crippen molar-refractivity contribution in [1.82, 2.24) is 0 Å². The number of benzene rings is 1.